The van der Waals surface area contributed by atoms with E-state index in [1.807, 2.05) is 0 Å². The lowest BCUT2D eigenvalue weighted by molar-refractivity contribution is -0.123. The number of nitrogens with one attached hydrogen (secondary N) is 2. The highest BCUT2D eigenvalue weighted by atomic mass is 35.5. The molecule has 0 aliphatic carbocycles. The first-order valence-electron chi connectivity index (χ1n) is 6.50. The Morgan fingerprint density at radius 1 is 1.41 bits per heavy atom. The van der Waals surface area contributed by atoms with Gasteiger partial charge in [-0.1, -0.05) is 27.7 Å². The molecule has 1 saturated heterocycles. The van der Waals surface area contributed by atoms with E-state index in [1.165, 1.54) is 0 Å². The molecule has 3 atom stereocenters. The molecule has 17 heavy (non-hydrogen) atoms. The van der Waals surface area contributed by atoms with E-state index in [0.717, 1.165) is 19.5 Å². The molecule has 4 heteroatoms. The van der Waals surface area contributed by atoms with Gasteiger partial charge in [0.2, 0.25) is 5.91 Å². The van der Waals surface area contributed by atoms with Crippen molar-refractivity contribution in [2.45, 2.75) is 46.6 Å². The molecule has 1 rings (SSSR count). The second kappa shape index (κ2) is 7.93. The summed E-state index contributed by atoms with van der Waals surface area (Å²) in [6, 6.07) is 0.320. The standard InChI is InChI=1S/C13H26N2O.ClH/c1-9(2)11(4)7-13(16)15-12-8-14-6-5-10(12)3;/h9-12,14H,5-8H2,1-4H3,(H,15,16);1H. The van der Waals surface area contributed by atoms with Crippen molar-refractivity contribution in [1.29, 1.82) is 0 Å². The van der Waals surface area contributed by atoms with Gasteiger partial charge < -0.3 is 10.6 Å². The molecule has 1 heterocycles. The van der Waals surface area contributed by atoms with Crippen molar-refractivity contribution in [3.05, 3.63) is 0 Å². The molecule has 0 aromatic rings. The zero-order chi connectivity index (χ0) is 12.1. The topological polar surface area (TPSA) is 41.1 Å². The fourth-order valence-electron chi connectivity index (χ4n) is 1.98. The summed E-state index contributed by atoms with van der Waals surface area (Å²) in [5, 5.41) is 6.48. The van der Waals surface area contributed by atoms with E-state index in [-0.39, 0.29) is 18.3 Å². The minimum atomic E-state index is 0. The van der Waals surface area contributed by atoms with Crippen LogP contribution in [0.3, 0.4) is 0 Å². The van der Waals surface area contributed by atoms with Crippen molar-refractivity contribution in [1.82, 2.24) is 10.6 Å². The van der Waals surface area contributed by atoms with Crippen molar-refractivity contribution >= 4 is 18.3 Å². The fourth-order valence-corrected chi connectivity index (χ4v) is 1.98. The first kappa shape index (κ1) is 16.7. The maximum Gasteiger partial charge on any atom is 0.220 e. The number of hydrogen-bond donors (Lipinski definition) is 2. The Labute approximate surface area is 112 Å². The summed E-state index contributed by atoms with van der Waals surface area (Å²) < 4.78 is 0. The summed E-state index contributed by atoms with van der Waals surface area (Å²) >= 11 is 0. The van der Waals surface area contributed by atoms with Crippen LogP contribution < -0.4 is 10.6 Å². The smallest absolute Gasteiger partial charge is 0.220 e. The van der Waals surface area contributed by atoms with Gasteiger partial charge >= 0.3 is 0 Å². The average Bonchev–Trinajstić information content (AvgIpc) is 2.21. The fraction of sp³-hybridized carbons (Fsp3) is 0.923. The molecular weight excluding hydrogens is 236 g/mol. The first-order valence-corrected chi connectivity index (χ1v) is 6.50. The molecule has 3 unspecified atom stereocenters. The van der Waals surface area contributed by atoms with Crippen molar-refractivity contribution in [3.8, 4) is 0 Å². The van der Waals surface area contributed by atoms with Gasteiger partial charge in [-0.25, -0.2) is 0 Å². The molecule has 1 aliphatic heterocycles. The Morgan fingerprint density at radius 2 is 2.06 bits per heavy atom. The number of piperidine rings is 1. The normalized spacial score (nSPS) is 26.2. The highest BCUT2D eigenvalue weighted by Crippen LogP contribution is 2.15. The van der Waals surface area contributed by atoms with Gasteiger partial charge in [-0.15, -0.1) is 12.4 Å². The van der Waals surface area contributed by atoms with Crippen LogP contribution in [0.4, 0.5) is 0 Å². The molecule has 3 nitrogen and oxygen atoms in total. The minimum absolute atomic E-state index is 0. The van der Waals surface area contributed by atoms with Gasteiger partial charge in [0.15, 0.2) is 0 Å². The van der Waals surface area contributed by atoms with Gasteiger partial charge in [0.1, 0.15) is 0 Å². The Morgan fingerprint density at radius 3 is 2.59 bits per heavy atom. The quantitative estimate of drug-likeness (QED) is 0.816. The maximum absolute atomic E-state index is 11.8. The molecule has 1 aliphatic rings. The van der Waals surface area contributed by atoms with E-state index in [1.54, 1.807) is 0 Å². The third kappa shape index (κ3) is 5.73. The summed E-state index contributed by atoms with van der Waals surface area (Å²) in [6.45, 7) is 10.7. The summed E-state index contributed by atoms with van der Waals surface area (Å²) in [7, 11) is 0. The zero-order valence-electron chi connectivity index (χ0n) is 11.5. The summed E-state index contributed by atoms with van der Waals surface area (Å²) in [4.78, 5) is 11.8. The summed E-state index contributed by atoms with van der Waals surface area (Å²) in [6.07, 6.45) is 1.81. The molecule has 2 N–H and O–H groups in total. The number of hydrogen-bond acceptors (Lipinski definition) is 2. The number of amides is 1. The van der Waals surface area contributed by atoms with Crippen LogP contribution in [0.1, 0.15) is 40.5 Å². The Hall–Kier alpha value is -0.280. The molecule has 0 aromatic heterocycles. The van der Waals surface area contributed by atoms with E-state index >= 15 is 0 Å². The third-order valence-corrected chi connectivity index (χ3v) is 3.82. The van der Waals surface area contributed by atoms with Crippen LogP contribution in [-0.2, 0) is 4.79 Å². The molecule has 0 saturated carbocycles. The van der Waals surface area contributed by atoms with Crippen molar-refractivity contribution in [3.63, 3.8) is 0 Å². The Balaban J connectivity index is 0.00000256. The van der Waals surface area contributed by atoms with Gasteiger partial charge in [-0.2, -0.15) is 0 Å². The predicted molar refractivity (Wildman–Crippen MR) is 74.4 cm³/mol. The maximum atomic E-state index is 11.8. The monoisotopic (exact) mass is 262 g/mol. The van der Waals surface area contributed by atoms with Gasteiger partial charge in [-0.05, 0) is 30.7 Å². The lowest BCUT2D eigenvalue weighted by Crippen LogP contribution is -2.50. The highest BCUT2D eigenvalue weighted by Gasteiger charge is 2.23. The van der Waals surface area contributed by atoms with Crippen LogP contribution in [0.2, 0.25) is 0 Å². The molecule has 1 amide bonds. The van der Waals surface area contributed by atoms with Gasteiger partial charge in [0, 0.05) is 19.0 Å². The van der Waals surface area contributed by atoms with E-state index in [2.05, 4.69) is 38.3 Å². The van der Waals surface area contributed by atoms with Crippen molar-refractivity contribution < 1.29 is 4.79 Å². The third-order valence-electron chi connectivity index (χ3n) is 3.82. The van der Waals surface area contributed by atoms with Crippen molar-refractivity contribution in [2.24, 2.45) is 17.8 Å². The second-order valence-electron chi connectivity index (χ2n) is 5.57. The minimum Gasteiger partial charge on any atom is -0.352 e. The van der Waals surface area contributed by atoms with Gasteiger partial charge in [0.05, 0.1) is 0 Å². The van der Waals surface area contributed by atoms with Crippen LogP contribution >= 0.6 is 12.4 Å². The first-order chi connectivity index (χ1) is 7.50. The van der Waals surface area contributed by atoms with Crippen LogP contribution in [0, 0.1) is 17.8 Å². The van der Waals surface area contributed by atoms with Crippen LogP contribution in [0.15, 0.2) is 0 Å². The Bertz CT molecular complexity index is 233. The summed E-state index contributed by atoms with van der Waals surface area (Å²) in [5.41, 5.74) is 0. The molecule has 0 bridgehead atoms. The zero-order valence-corrected chi connectivity index (χ0v) is 12.3. The number of carbonyl (C=O) groups excluding carboxylic acids is 1. The average molecular weight is 263 g/mol. The van der Waals surface area contributed by atoms with Crippen LogP contribution in [-0.4, -0.2) is 25.0 Å². The molecule has 1 fully saturated rings. The van der Waals surface area contributed by atoms with E-state index in [0.29, 0.717) is 30.2 Å². The lowest BCUT2D eigenvalue weighted by atomic mass is 9.92. The SMILES string of the molecule is CC(C)C(C)CC(=O)NC1CNCCC1C.Cl. The molecule has 0 radical (unpaired) electrons. The molecule has 0 aromatic carbocycles. The van der Waals surface area contributed by atoms with Gasteiger partial charge in [-0.3, -0.25) is 4.79 Å². The molecular formula is C13H27ClN2O. The lowest BCUT2D eigenvalue weighted by Gasteiger charge is -2.30. The second-order valence-corrected chi connectivity index (χ2v) is 5.57. The molecule has 102 valence electrons. The van der Waals surface area contributed by atoms with Crippen LogP contribution in [0.25, 0.3) is 0 Å². The predicted octanol–water partition coefficient (Wildman–Crippen LogP) is 2.20. The number of rotatable bonds is 4. The number of halogens is 1. The Kier molecular flexibility index (Phi) is 7.80. The molecule has 0 spiro atoms. The van der Waals surface area contributed by atoms with Crippen molar-refractivity contribution in [2.75, 3.05) is 13.1 Å². The van der Waals surface area contributed by atoms with Crippen LogP contribution in [0.5, 0.6) is 0 Å². The van der Waals surface area contributed by atoms with Gasteiger partial charge in [0.25, 0.3) is 0 Å². The largest absolute Gasteiger partial charge is 0.352 e. The van der Waals surface area contributed by atoms with E-state index < -0.39 is 0 Å². The van der Waals surface area contributed by atoms with E-state index in [9.17, 15) is 4.79 Å². The van der Waals surface area contributed by atoms with E-state index in [4.69, 9.17) is 0 Å². The highest BCUT2D eigenvalue weighted by molar-refractivity contribution is 5.85. The summed E-state index contributed by atoms with van der Waals surface area (Å²) in [5.74, 6) is 1.85. The number of carbonyl (C=O) groups is 1.